The maximum absolute atomic E-state index is 12.4. The first-order chi connectivity index (χ1) is 11.1. The van der Waals surface area contributed by atoms with Gasteiger partial charge in [-0.1, -0.05) is 51.8 Å². The summed E-state index contributed by atoms with van der Waals surface area (Å²) in [4.78, 5) is 12.4. The van der Waals surface area contributed by atoms with E-state index < -0.39 is 0 Å². The molecule has 1 heterocycles. The van der Waals surface area contributed by atoms with Crippen molar-refractivity contribution in [3.05, 3.63) is 75.4 Å². The fourth-order valence-corrected chi connectivity index (χ4v) is 2.88. The predicted molar refractivity (Wildman–Crippen MR) is 94.3 cm³/mol. The zero-order valence-corrected chi connectivity index (χ0v) is 14.4. The largest absolute Gasteiger partial charge is 0.348 e. The van der Waals surface area contributed by atoms with E-state index in [2.05, 4.69) is 31.4 Å². The van der Waals surface area contributed by atoms with Crippen molar-refractivity contribution in [1.82, 2.24) is 15.5 Å². The van der Waals surface area contributed by atoms with Crippen molar-refractivity contribution < 1.29 is 4.79 Å². The minimum Gasteiger partial charge on any atom is -0.348 e. The Morgan fingerprint density at radius 3 is 2.83 bits per heavy atom. The van der Waals surface area contributed by atoms with Crippen LogP contribution in [0.5, 0.6) is 0 Å². The summed E-state index contributed by atoms with van der Waals surface area (Å²) in [5.74, 6) is -0.186. The molecular formula is C17H13BrClN3O. The molecule has 0 bridgehead atoms. The van der Waals surface area contributed by atoms with Gasteiger partial charge < -0.3 is 5.32 Å². The lowest BCUT2D eigenvalue weighted by Gasteiger charge is -2.07. The molecule has 1 amide bonds. The van der Waals surface area contributed by atoms with Gasteiger partial charge in [0.2, 0.25) is 0 Å². The van der Waals surface area contributed by atoms with Crippen LogP contribution in [0.15, 0.2) is 59.2 Å². The SMILES string of the molecule is O=C(NCc1cccc(Br)c1)c1cn[nH]c1-c1cccc(Cl)c1. The first kappa shape index (κ1) is 15.8. The number of hydrogen-bond acceptors (Lipinski definition) is 2. The highest BCUT2D eigenvalue weighted by Crippen LogP contribution is 2.24. The van der Waals surface area contributed by atoms with Crippen LogP contribution in [0, 0.1) is 0 Å². The summed E-state index contributed by atoms with van der Waals surface area (Å²) in [6.45, 7) is 0.443. The third kappa shape index (κ3) is 3.81. The summed E-state index contributed by atoms with van der Waals surface area (Å²) in [6, 6.07) is 15.1. The van der Waals surface area contributed by atoms with Crippen LogP contribution < -0.4 is 5.32 Å². The number of carbonyl (C=O) groups is 1. The number of hydrogen-bond donors (Lipinski definition) is 2. The van der Waals surface area contributed by atoms with Crippen LogP contribution >= 0.6 is 27.5 Å². The molecule has 0 saturated heterocycles. The Labute approximate surface area is 147 Å². The van der Waals surface area contributed by atoms with Gasteiger partial charge in [-0.05, 0) is 29.8 Å². The summed E-state index contributed by atoms with van der Waals surface area (Å²) in [5, 5.41) is 10.4. The average molecular weight is 391 g/mol. The van der Waals surface area contributed by atoms with Gasteiger partial charge in [-0.3, -0.25) is 9.89 Å². The fourth-order valence-electron chi connectivity index (χ4n) is 2.25. The van der Waals surface area contributed by atoms with Crippen molar-refractivity contribution >= 4 is 33.4 Å². The van der Waals surface area contributed by atoms with Crippen molar-refractivity contribution in [2.75, 3.05) is 0 Å². The van der Waals surface area contributed by atoms with E-state index in [9.17, 15) is 4.79 Å². The van der Waals surface area contributed by atoms with Crippen molar-refractivity contribution in [3.8, 4) is 11.3 Å². The smallest absolute Gasteiger partial charge is 0.255 e. The van der Waals surface area contributed by atoms with Gasteiger partial charge in [0.15, 0.2) is 0 Å². The second kappa shape index (κ2) is 6.98. The number of halogens is 2. The van der Waals surface area contributed by atoms with Crippen LogP contribution in [-0.4, -0.2) is 16.1 Å². The molecule has 0 unspecified atom stereocenters. The molecule has 0 spiro atoms. The standard InChI is InChI=1S/C17H13BrClN3O/c18-13-5-1-3-11(7-13)9-20-17(23)15-10-21-22-16(15)12-4-2-6-14(19)8-12/h1-8,10H,9H2,(H,20,23)(H,21,22). The number of aromatic nitrogens is 2. The van der Waals surface area contributed by atoms with Gasteiger partial charge in [-0.15, -0.1) is 0 Å². The van der Waals surface area contributed by atoms with Crippen molar-refractivity contribution in [2.24, 2.45) is 0 Å². The van der Waals surface area contributed by atoms with Crippen LogP contribution in [0.3, 0.4) is 0 Å². The summed E-state index contributed by atoms with van der Waals surface area (Å²) in [6.07, 6.45) is 1.52. The van der Waals surface area contributed by atoms with E-state index in [0.717, 1.165) is 15.6 Å². The summed E-state index contributed by atoms with van der Waals surface area (Å²) < 4.78 is 0.979. The van der Waals surface area contributed by atoms with E-state index >= 15 is 0 Å². The van der Waals surface area contributed by atoms with E-state index in [-0.39, 0.29) is 5.91 Å². The fraction of sp³-hybridized carbons (Fsp3) is 0.0588. The van der Waals surface area contributed by atoms with E-state index in [1.807, 2.05) is 36.4 Å². The van der Waals surface area contributed by atoms with Crippen LogP contribution in [0.4, 0.5) is 0 Å². The van der Waals surface area contributed by atoms with Gasteiger partial charge in [0.25, 0.3) is 5.91 Å². The second-order valence-electron chi connectivity index (χ2n) is 4.98. The zero-order valence-electron chi connectivity index (χ0n) is 12.0. The lowest BCUT2D eigenvalue weighted by molar-refractivity contribution is 0.0951. The first-order valence-corrected chi connectivity index (χ1v) is 8.12. The van der Waals surface area contributed by atoms with Crippen LogP contribution in [0.2, 0.25) is 5.02 Å². The van der Waals surface area contributed by atoms with E-state index in [4.69, 9.17) is 11.6 Å². The molecule has 3 aromatic rings. The number of H-pyrrole nitrogens is 1. The Morgan fingerprint density at radius 2 is 2.04 bits per heavy atom. The third-order valence-electron chi connectivity index (χ3n) is 3.34. The molecule has 3 rings (SSSR count). The molecule has 6 heteroatoms. The number of nitrogens with one attached hydrogen (secondary N) is 2. The number of aromatic amines is 1. The minimum absolute atomic E-state index is 0.186. The second-order valence-corrected chi connectivity index (χ2v) is 6.33. The Balaban J connectivity index is 1.77. The van der Waals surface area contributed by atoms with E-state index in [1.165, 1.54) is 6.20 Å². The molecule has 0 aliphatic heterocycles. The highest BCUT2D eigenvalue weighted by Gasteiger charge is 2.15. The number of nitrogens with zero attached hydrogens (tertiary/aromatic N) is 1. The molecule has 1 aromatic heterocycles. The van der Waals surface area contributed by atoms with E-state index in [0.29, 0.717) is 22.8 Å². The summed E-state index contributed by atoms with van der Waals surface area (Å²) in [7, 11) is 0. The van der Waals surface area contributed by atoms with Gasteiger partial charge >= 0.3 is 0 Å². The lowest BCUT2D eigenvalue weighted by Crippen LogP contribution is -2.22. The number of amides is 1. The molecular weight excluding hydrogens is 378 g/mol. The van der Waals surface area contributed by atoms with Gasteiger partial charge in [0, 0.05) is 21.6 Å². The number of benzene rings is 2. The normalized spacial score (nSPS) is 10.5. The molecule has 0 atom stereocenters. The van der Waals surface area contributed by atoms with Crippen LogP contribution in [0.25, 0.3) is 11.3 Å². The van der Waals surface area contributed by atoms with Crippen molar-refractivity contribution in [1.29, 1.82) is 0 Å². The Kier molecular flexibility index (Phi) is 4.79. The molecule has 116 valence electrons. The molecule has 0 radical (unpaired) electrons. The molecule has 0 fully saturated rings. The van der Waals surface area contributed by atoms with Crippen LogP contribution in [0.1, 0.15) is 15.9 Å². The Bertz CT molecular complexity index is 847. The summed E-state index contributed by atoms with van der Waals surface area (Å²) in [5.41, 5.74) is 2.98. The van der Waals surface area contributed by atoms with Crippen molar-refractivity contribution in [3.63, 3.8) is 0 Å². The van der Waals surface area contributed by atoms with Crippen molar-refractivity contribution in [2.45, 2.75) is 6.54 Å². The molecule has 23 heavy (non-hydrogen) atoms. The number of carbonyl (C=O) groups excluding carboxylic acids is 1. The quantitative estimate of drug-likeness (QED) is 0.692. The van der Waals surface area contributed by atoms with Gasteiger partial charge in [0.05, 0.1) is 17.5 Å². The molecule has 2 N–H and O–H groups in total. The summed E-state index contributed by atoms with van der Waals surface area (Å²) >= 11 is 9.43. The zero-order chi connectivity index (χ0) is 16.2. The van der Waals surface area contributed by atoms with Gasteiger partial charge in [0.1, 0.15) is 0 Å². The van der Waals surface area contributed by atoms with Gasteiger partial charge in [-0.2, -0.15) is 5.10 Å². The predicted octanol–water partition coefficient (Wildman–Crippen LogP) is 4.42. The molecule has 0 aliphatic carbocycles. The maximum atomic E-state index is 12.4. The Hall–Kier alpha value is -2.11. The average Bonchev–Trinajstić information content (AvgIpc) is 3.02. The topological polar surface area (TPSA) is 57.8 Å². The first-order valence-electron chi connectivity index (χ1n) is 6.95. The monoisotopic (exact) mass is 389 g/mol. The molecule has 4 nitrogen and oxygen atoms in total. The highest BCUT2D eigenvalue weighted by atomic mass is 79.9. The lowest BCUT2D eigenvalue weighted by atomic mass is 10.1. The molecule has 0 aliphatic rings. The van der Waals surface area contributed by atoms with Gasteiger partial charge in [-0.25, -0.2) is 0 Å². The number of rotatable bonds is 4. The highest BCUT2D eigenvalue weighted by molar-refractivity contribution is 9.10. The van der Waals surface area contributed by atoms with Crippen LogP contribution in [-0.2, 0) is 6.54 Å². The maximum Gasteiger partial charge on any atom is 0.255 e. The van der Waals surface area contributed by atoms with E-state index in [1.54, 1.807) is 12.1 Å². The Morgan fingerprint density at radius 1 is 1.22 bits per heavy atom. The third-order valence-corrected chi connectivity index (χ3v) is 4.07. The minimum atomic E-state index is -0.186. The molecule has 2 aromatic carbocycles. The molecule has 0 saturated carbocycles.